The number of rotatable bonds is 5. The van der Waals surface area contributed by atoms with Crippen molar-refractivity contribution in [2.24, 2.45) is 5.92 Å². The molecule has 1 heterocycles. The first kappa shape index (κ1) is 12.6. The molecule has 96 valence electrons. The summed E-state index contributed by atoms with van der Waals surface area (Å²) < 4.78 is 5.35. The van der Waals surface area contributed by atoms with Crippen LogP contribution in [0.2, 0.25) is 0 Å². The van der Waals surface area contributed by atoms with Gasteiger partial charge in [0.25, 0.3) is 5.91 Å². The second-order valence-electron chi connectivity index (χ2n) is 4.38. The summed E-state index contributed by atoms with van der Waals surface area (Å²) in [6, 6.07) is 7.07. The second kappa shape index (κ2) is 5.69. The molecule has 1 N–H and O–H groups in total. The molecule has 0 bridgehead atoms. The highest BCUT2D eigenvalue weighted by Crippen LogP contribution is 2.19. The van der Waals surface area contributed by atoms with Crippen LogP contribution in [-0.4, -0.2) is 42.2 Å². The van der Waals surface area contributed by atoms with E-state index >= 15 is 0 Å². The van der Waals surface area contributed by atoms with E-state index in [0.717, 1.165) is 5.75 Å². The van der Waals surface area contributed by atoms with Crippen LogP contribution in [0.1, 0.15) is 10.4 Å². The number of aliphatic hydroxyl groups is 1. The fraction of sp³-hybridized carbons (Fsp3) is 0.357. The van der Waals surface area contributed by atoms with Gasteiger partial charge in [-0.3, -0.25) is 4.79 Å². The Kier molecular flexibility index (Phi) is 3.99. The fourth-order valence-electron chi connectivity index (χ4n) is 1.88. The number of carbonyl (C=O) groups excluding carboxylic acids is 1. The van der Waals surface area contributed by atoms with E-state index in [1.165, 1.54) is 0 Å². The molecule has 0 unspecified atom stereocenters. The maximum atomic E-state index is 12.0. The monoisotopic (exact) mass is 247 g/mol. The normalized spacial score (nSPS) is 15.1. The van der Waals surface area contributed by atoms with E-state index in [0.29, 0.717) is 25.3 Å². The molecule has 4 nitrogen and oxygen atoms in total. The first-order valence-corrected chi connectivity index (χ1v) is 5.98. The average Bonchev–Trinajstić information content (AvgIpc) is 2.35. The Morgan fingerprint density at radius 3 is 2.67 bits per heavy atom. The van der Waals surface area contributed by atoms with Crippen molar-refractivity contribution < 1.29 is 14.6 Å². The van der Waals surface area contributed by atoms with Crippen LogP contribution in [0.3, 0.4) is 0 Å². The zero-order chi connectivity index (χ0) is 13.0. The molecule has 0 aromatic heterocycles. The Bertz CT molecular complexity index is 421. The van der Waals surface area contributed by atoms with E-state index < -0.39 is 0 Å². The van der Waals surface area contributed by atoms with Crippen molar-refractivity contribution in [1.82, 2.24) is 4.90 Å². The van der Waals surface area contributed by atoms with Gasteiger partial charge in [0.05, 0.1) is 0 Å². The number of ether oxygens (including phenoxy) is 1. The Balaban J connectivity index is 1.93. The highest BCUT2D eigenvalue weighted by Gasteiger charge is 2.30. The van der Waals surface area contributed by atoms with E-state index in [-0.39, 0.29) is 18.4 Å². The summed E-state index contributed by atoms with van der Waals surface area (Å²) >= 11 is 0. The number of hydrogen-bond donors (Lipinski definition) is 1. The van der Waals surface area contributed by atoms with Crippen molar-refractivity contribution in [3.8, 4) is 5.75 Å². The van der Waals surface area contributed by atoms with E-state index in [1.54, 1.807) is 35.2 Å². The van der Waals surface area contributed by atoms with Crippen LogP contribution in [0, 0.1) is 5.92 Å². The number of nitrogens with zero attached hydrogens (tertiary/aromatic N) is 1. The lowest BCUT2D eigenvalue weighted by atomic mass is 10.00. The minimum absolute atomic E-state index is 0.00923. The Morgan fingerprint density at radius 2 is 2.11 bits per heavy atom. The minimum Gasteiger partial charge on any atom is -0.490 e. The summed E-state index contributed by atoms with van der Waals surface area (Å²) in [5.74, 6) is 0.974. The van der Waals surface area contributed by atoms with Gasteiger partial charge in [0.1, 0.15) is 12.4 Å². The third kappa shape index (κ3) is 2.71. The smallest absolute Gasteiger partial charge is 0.253 e. The van der Waals surface area contributed by atoms with E-state index in [2.05, 4.69) is 6.58 Å². The molecule has 1 aromatic rings. The predicted octanol–water partition coefficient (Wildman–Crippen LogP) is 1.32. The first-order valence-electron chi connectivity index (χ1n) is 5.98. The zero-order valence-electron chi connectivity index (χ0n) is 10.2. The van der Waals surface area contributed by atoms with Crippen LogP contribution in [0.25, 0.3) is 0 Å². The van der Waals surface area contributed by atoms with Crippen molar-refractivity contribution in [3.63, 3.8) is 0 Å². The molecule has 0 radical (unpaired) electrons. The number of hydrogen-bond acceptors (Lipinski definition) is 3. The average molecular weight is 247 g/mol. The summed E-state index contributed by atoms with van der Waals surface area (Å²) in [5.41, 5.74) is 0.650. The van der Waals surface area contributed by atoms with Crippen LogP contribution >= 0.6 is 0 Å². The summed E-state index contributed by atoms with van der Waals surface area (Å²) in [5, 5.41) is 8.91. The number of benzene rings is 1. The molecular weight excluding hydrogens is 230 g/mol. The third-order valence-corrected chi connectivity index (χ3v) is 2.97. The number of carbonyl (C=O) groups is 1. The molecule has 1 fully saturated rings. The largest absolute Gasteiger partial charge is 0.490 e. The lowest BCUT2D eigenvalue weighted by Crippen LogP contribution is -2.51. The third-order valence-electron chi connectivity index (χ3n) is 2.97. The first-order chi connectivity index (χ1) is 8.74. The topological polar surface area (TPSA) is 49.8 Å². The van der Waals surface area contributed by atoms with Gasteiger partial charge in [-0.25, -0.2) is 0 Å². The molecule has 0 spiro atoms. The molecule has 1 aliphatic rings. The summed E-state index contributed by atoms with van der Waals surface area (Å²) in [6.07, 6.45) is 1.67. The Labute approximate surface area is 106 Å². The quantitative estimate of drug-likeness (QED) is 0.798. The highest BCUT2D eigenvalue weighted by molar-refractivity contribution is 5.94. The van der Waals surface area contributed by atoms with Gasteiger partial charge in [-0.1, -0.05) is 12.7 Å². The Hall–Kier alpha value is -1.81. The van der Waals surface area contributed by atoms with E-state index in [9.17, 15) is 4.79 Å². The second-order valence-corrected chi connectivity index (χ2v) is 4.38. The molecule has 4 heteroatoms. The SMILES string of the molecule is C=CCOc1ccc(C(=O)N2CC(CO)C2)cc1. The van der Waals surface area contributed by atoms with E-state index in [1.807, 2.05) is 0 Å². The maximum Gasteiger partial charge on any atom is 0.253 e. The van der Waals surface area contributed by atoms with Gasteiger partial charge in [-0.05, 0) is 24.3 Å². The predicted molar refractivity (Wildman–Crippen MR) is 68.6 cm³/mol. The van der Waals surface area contributed by atoms with Gasteiger partial charge in [0.15, 0.2) is 0 Å². The standard InChI is InChI=1S/C14H17NO3/c1-2-7-18-13-5-3-12(4-6-13)14(17)15-8-11(9-15)10-16/h2-6,11,16H,1,7-10H2. The molecular formula is C14H17NO3. The van der Waals surface area contributed by atoms with Crippen molar-refractivity contribution in [3.05, 3.63) is 42.5 Å². The molecule has 0 saturated carbocycles. The van der Waals surface area contributed by atoms with Crippen LogP contribution in [-0.2, 0) is 0 Å². The van der Waals surface area contributed by atoms with Crippen LogP contribution < -0.4 is 4.74 Å². The fourth-order valence-corrected chi connectivity index (χ4v) is 1.88. The van der Waals surface area contributed by atoms with Crippen molar-refractivity contribution in [2.45, 2.75) is 0 Å². The molecule has 1 aromatic carbocycles. The maximum absolute atomic E-state index is 12.0. The summed E-state index contributed by atoms with van der Waals surface area (Å²) in [7, 11) is 0. The van der Waals surface area contributed by atoms with Crippen molar-refractivity contribution >= 4 is 5.91 Å². The van der Waals surface area contributed by atoms with Crippen LogP contribution in [0.4, 0.5) is 0 Å². The van der Waals surface area contributed by atoms with Gasteiger partial charge >= 0.3 is 0 Å². The number of likely N-dealkylation sites (tertiary alicyclic amines) is 1. The molecule has 2 rings (SSSR count). The zero-order valence-corrected chi connectivity index (χ0v) is 10.2. The van der Waals surface area contributed by atoms with Crippen molar-refractivity contribution in [2.75, 3.05) is 26.3 Å². The molecule has 1 aliphatic heterocycles. The van der Waals surface area contributed by atoms with Crippen molar-refractivity contribution in [1.29, 1.82) is 0 Å². The number of aliphatic hydroxyl groups excluding tert-OH is 1. The van der Waals surface area contributed by atoms with Gasteiger partial charge in [-0.15, -0.1) is 0 Å². The number of amides is 1. The van der Waals surface area contributed by atoms with Gasteiger partial charge in [-0.2, -0.15) is 0 Å². The summed E-state index contributed by atoms with van der Waals surface area (Å²) in [6.45, 7) is 5.47. The Morgan fingerprint density at radius 1 is 1.44 bits per heavy atom. The van der Waals surface area contributed by atoms with Gasteiger partial charge in [0, 0.05) is 31.2 Å². The van der Waals surface area contributed by atoms with Gasteiger partial charge in [0.2, 0.25) is 0 Å². The molecule has 0 aliphatic carbocycles. The lowest BCUT2D eigenvalue weighted by Gasteiger charge is -2.38. The van der Waals surface area contributed by atoms with Crippen LogP contribution in [0.15, 0.2) is 36.9 Å². The highest BCUT2D eigenvalue weighted by atomic mass is 16.5. The lowest BCUT2D eigenvalue weighted by molar-refractivity contribution is 0.0362. The van der Waals surface area contributed by atoms with E-state index in [4.69, 9.17) is 9.84 Å². The minimum atomic E-state index is 0.00923. The summed E-state index contributed by atoms with van der Waals surface area (Å²) in [4.78, 5) is 13.7. The van der Waals surface area contributed by atoms with Crippen LogP contribution in [0.5, 0.6) is 5.75 Å². The van der Waals surface area contributed by atoms with Gasteiger partial charge < -0.3 is 14.7 Å². The molecule has 0 atom stereocenters. The molecule has 1 amide bonds. The molecule has 1 saturated heterocycles. The molecule has 18 heavy (non-hydrogen) atoms.